The molecule has 0 bridgehead atoms. The highest BCUT2D eigenvalue weighted by Gasteiger charge is 2.30. The molecule has 0 spiro atoms. The minimum atomic E-state index is -3.84. The normalized spacial score (nSPS) is 22.9. The Hall–Kier alpha value is -1.44. The molecular weight excluding hydrogens is 318 g/mol. The molecule has 1 saturated heterocycles. The van der Waals surface area contributed by atoms with Crippen LogP contribution in [0.2, 0.25) is 0 Å². The maximum Gasteiger partial charge on any atom is 0.321 e. The molecule has 2 atom stereocenters. The average molecular weight is 339 g/mol. The van der Waals surface area contributed by atoms with Gasteiger partial charge in [0.15, 0.2) is 0 Å². The number of carboxylic acids is 1. The summed E-state index contributed by atoms with van der Waals surface area (Å²) in [5.41, 5.74) is 1.14. The molecule has 2 unspecified atom stereocenters. The van der Waals surface area contributed by atoms with Crippen molar-refractivity contribution in [1.29, 1.82) is 0 Å². The monoisotopic (exact) mass is 339 g/mol. The minimum Gasteiger partial charge on any atom is -0.480 e. The molecular formula is C16H21NO5S. The van der Waals surface area contributed by atoms with E-state index < -0.39 is 22.0 Å². The van der Waals surface area contributed by atoms with Gasteiger partial charge in [-0.25, -0.2) is 8.42 Å². The van der Waals surface area contributed by atoms with Gasteiger partial charge in [0.1, 0.15) is 6.04 Å². The third kappa shape index (κ3) is 4.10. The fourth-order valence-corrected chi connectivity index (χ4v) is 4.10. The van der Waals surface area contributed by atoms with Gasteiger partial charge in [0.05, 0.1) is 4.90 Å². The Morgan fingerprint density at radius 3 is 2.48 bits per heavy atom. The summed E-state index contributed by atoms with van der Waals surface area (Å²) in [4.78, 5) is 11.5. The van der Waals surface area contributed by atoms with Crippen LogP contribution in [0.5, 0.6) is 0 Å². The predicted octanol–water partition coefficient (Wildman–Crippen LogP) is 1.72. The van der Waals surface area contributed by atoms with Crippen molar-refractivity contribution >= 4 is 16.0 Å². The van der Waals surface area contributed by atoms with Crippen molar-refractivity contribution in [2.24, 2.45) is 5.92 Å². The first-order valence-corrected chi connectivity index (χ1v) is 9.37. The molecule has 1 heterocycles. The molecule has 23 heavy (non-hydrogen) atoms. The number of hydrogen-bond donors (Lipinski definition) is 2. The number of aliphatic carboxylic acids is 1. The Balaban J connectivity index is 1.70. The number of hydrogen-bond acceptors (Lipinski definition) is 4. The van der Waals surface area contributed by atoms with Gasteiger partial charge in [0, 0.05) is 13.2 Å². The standard InChI is InChI=1S/C16H21NO5S/c18-16(19)15(9-11-7-8-22-10-11)17-23(20,21)14-5-3-13(4-6-14)12-1-2-12/h3-6,11-12,15,17H,1-2,7-10H2,(H,18,19). The maximum absolute atomic E-state index is 12.4. The number of carbonyl (C=O) groups is 1. The molecule has 1 aromatic rings. The lowest BCUT2D eigenvalue weighted by Crippen LogP contribution is -2.42. The van der Waals surface area contributed by atoms with Gasteiger partial charge in [-0.05, 0) is 55.2 Å². The van der Waals surface area contributed by atoms with Gasteiger partial charge < -0.3 is 9.84 Å². The minimum absolute atomic E-state index is 0.0797. The van der Waals surface area contributed by atoms with Crippen LogP contribution in [0.25, 0.3) is 0 Å². The van der Waals surface area contributed by atoms with Crippen molar-refractivity contribution in [2.45, 2.75) is 42.5 Å². The summed E-state index contributed by atoms with van der Waals surface area (Å²) in [6.45, 7) is 1.09. The summed E-state index contributed by atoms with van der Waals surface area (Å²) < 4.78 is 32.4. The smallest absolute Gasteiger partial charge is 0.321 e. The van der Waals surface area contributed by atoms with Crippen molar-refractivity contribution in [3.05, 3.63) is 29.8 Å². The number of sulfonamides is 1. The molecule has 1 aliphatic heterocycles. The molecule has 0 amide bonds. The lowest BCUT2D eigenvalue weighted by atomic mass is 10.00. The first-order valence-electron chi connectivity index (χ1n) is 7.88. The van der Waals surface area contributed by atoms with E-state index in [1.165, 1.54) is 0 Å². The van der Waals surface area contributed by atoms with Crippen molar-refractivity contribution in [2.75, 3.05) is 13.2 Å². The molecule has 1 aromatic carbocycles. The second-order valence-corrected chi connectivity index (χ2v) is 8.03. The third-order valence-corrected chi connectivity index (χ3v) is 5.92. The van der Waals surface area contributed by atoms with E-state index in [0.717, 1.165) is 24.8 Å². The quantitative estimate of drug-likeness (QED) is 0.789. The summed E-state index contributed by atoms with van der Waals surface area (Å²) in [7, 11) is -3.84. The lowest BCUT2D eigenvalue weighted by molar-refractivity contribution is -0.139. The number of nitrogens with one attached hydrogen (secondary N) is 1. The molecule has 1 saturated carbocycles. The molecule has 2 fully saturated rings. The fourth-order valence-electron chi connectivity index (χ4n) is 2.89. The molecule has 2 aliphatic rings. The summed E-state index contributed by atoms with van der Waals surface area (Å²) in [6.07, 6.45) is 3.31. The van der Waals surface area contributed by atoms with E-state index >= 15 is 0 Å². The SMILES string of the molecule is O=C(O)C(CC1CCOC1)NS(=O)(=O)c1ccc(C2CC2)cc1. The van der Waals surface area contributed by atoms with E-state index in [9.17, 15) is 18.3 Å². The molecule has 0 aromatic heterocycles. The van der Waals surface area contributed by atoms with Crippen LogP contribution in [0.15, 0.2) is 29.2 Å². The van der Waals surface area contributed by atoms with E-state index in [1.54, 1.807) is 12.1 Å². The second-order valence-electron chi connectivity index (χ2n) is 6.32. The zero-order chi connectivity index (χ0) is 16.4. The number of benzene rings is 1. The zero-order valence-corrected chi connectivity index (χ0v) is 13.6. The fraction of sp³-hybridized carbons (Fsp3) is 0.562. The van der Waals surface area contributed by atoms with Crippen LogP contribution in [0, 0.1) is 5.92 Å². The van der Waals surface area contributed by atoms with Gasteiger partial charge in [0.25, 0.3) is 0 Å². The van der Waals surface area contributed by atoms with Gasteiger partial charge in [-0.2, -0.15) is 4.72 Å². The van der Waals surface area contributed by atoms with Gasteiger partial charge >= 0.3 is 5.97 Å². The van der Waals surface area contributed by atoms with Crippen LogP contribution in [0.3, 0.4) is 0 Å². The molecule has 0 radical (unpaired) electrons. The van der Waals surface area contributed by atoms with Crippen molar-refractivity contribution < 1.29 is 23.1 Å². The van der Waals surface area contributed by atoms with Crippen LogP contribution < -0.4 is 4.72 Å². The van der Waals surface area contributed by atoms with E-state index in [-0.39, 0.29) is 17.2 Å². The van der Waals surface area contributed by atoms with E-state index in [2.05, 4.69) is 4.72 Å². The zero-order valence-electron chi connectivity index (χ0n) is 12.8. The average Bonchev–Trinajstić information content (AvgIpc) is 3.24. The number of carboxylic acid groups (broad SMARTS) is 1. The largest absolute Gasteiger partial charge is 0.480 e. The summed E-state index contributed by atoms with van der Waals surface area (Å²) >= 11 is 0. The highest BCUT2D eigenvalue weighted by molar-refractivity contribution is 7.89. The van der Waals surface area contributed by atoms with Crippen LogP contribution >= 0.6 is 0 Å². The maximum atomic E-state index is 12.4. The van der Waals surface area contributed by atoms with Crippen molar-refractivity contribution in [3.63, 3.8) is 0 Å². The summed E-state index contributed by atoms with van der Waals surface area (Å²) in [5.74, 6) is -0.528. The first kappa shape index (κ1) is 16.4. The molecule has 2 N–H and O–H groups in total. The Morgan fingerprint density at radius 2 is 1.96 bits per heavy atom. The van der Waals surface area contributed by atoms with Crippen LogP contribution in [-0.2, 0) is 19.6 Å². The topological polar surface area (TPSA) is 92.7 Å². The summed E-state index contributed by atoms with van der Waals surface area (Å²) in [6, 6.07) is 5.59. The Bertz CT molecular complexity index is 660. The van der Waals surface area contributed by atoms with E-state index in [4.69, 9.17) is 4.74 Å². The van der Waals surface area contributed by atoms with Crippen LogP contribution in [0.1, 0.15) is 37.2 Å². The lowest BCUT2D eigenvalue weighted by Gasteiger charge is -2.17. The molecule has 6 nitrogen and oxygen atoms in total. The first-order chi connectivity index (χ1) is 11.0. The predicted molar refractivity (Wildman–Crippen MR) is 83.7 cm³/mol. The molecule has 3 rings (SSSR count). The third-order valence-electron chi connectivity index (χ3n) is 4.43. The highest BCUT2D eigenvalue weighted by Crippen LogP contribution is 2.40. The Kier molecular flexibility index (Phi) is 4.70. The van der Waals surface area contributed by atoms with Gasteiger partial charge in [-0.1, -0.05) is 12.1 Å². The highest BCUT2D eigenvalue weighted by atomic mass is 32.2. The Morgan fingerprint density at radius 1 is 1.26 bits per heavy atom. The van der Waals surface area contributed by atoms with Gasteiger partial charge in [0.2, 0.25) is 10.0 Å². The van der Waals surface area contributed by atoms with Gasteiger partial charge in [-0.3, -0.25) is 4.79 Å². The second kappa shape index (κ2) is 6.59. The number of rotatable bonds is 7. The van der Waals surface area contributed by atoms with Crippen molar-refractivity contribution in [1.82, 2.24) is 4.72 Å². The molecule has 126 valence electrons. The number of ether oxygens (including phenoxy) is 1. The Labute approximate surface area is 135 Å². The van der Waals surface area contributed by atoms with Crippen LogP contribution in [-0.4, -0.2) is 38.7 Å². The van der Waals surface area contributed by atoms with E-state index in [0.29, 0.717) is 19.1 Å². The van der Waals surface area contributed by atoms with Gasteiger partial charge in [-0.15, -0.1) is 0 Å². The van der Waals surface area contributed by atoms with Crippen molar-refractivity contribution in [3.8, 4) is 0 Å². The van der Waals surface area contributed by atoms with E-state index in [1.807, 2.05) is 12.1 Å². The summed E-state index contributed by atoms with van der Waals surface area (Å²) in [5, 5.41) is 9.30. The molecule has 7 heteroatoms. The molecule has 1 aliphatic carbocycles. The van der Waals surface area contributed by atoms with Crippen LogP contribution in [0.4, 0.5) is 0 Å².